The van der Waals surface area contributed by atoms with E-state index in [1.165, 1.54) is 13.8 Å². The zero-order valence-corrected chi connectivity index (χ0v) is 15.5. The van der Waals surface area contributed by atoms with E-state index in [-0.39, 0.29) is 28.1 Å². The van der Waals surface area contributed by atoms with E-state index in [0.717, 1.165) is 12.8 Å². The van der Waals surface area contributed by atoms with Gasteiger partial charge in [-0.05, 0) is 23.7 Å². The van der Waals surface area contributed by atoms with Crippen molar-refractivity contribution >= 4 is 5.97 Å². The van der Waals surface area contributed by atoms with E-state index >= 15 is 0 Å². The maximum Gasteiger partial charge on any atom is 0.308 e. The second-order valence-electron chi connectivity index (χ2n) is 9.01. The first-order valence-electron chi connectivity index (χ1n) is 7.97. The molecule has 0 heterocycles. The van der Waals surface area contributed by atoms with Crippen LogP contribution in [0.5, 0.6) is 0 Å². The topological polar surface area (TPSA) is 69.4 Å². The van der Waals surface area contributed by atoms with Crippen LogP contribution in [-0.2, 0) is 9.53 Å². The van der Waals surface area contributed by atoms with Crippen LogP contribution in [0.1, 0.15) is 74.7 Å². The number of esters is 1. The van der Waals surface area contributed by atoms with Crippen LogP contribution in [0.3, 0.4) is 0 Å². The maximum atomic E-state index is 12.0. The van der Waals surface area contributed by atoms with Crippen LogP contribution >= 0.6 is 0 Å². The van der Waals surface area contributed by atoms with E-state index in [0.29, 0.717) is 6.61 Å². The van der Waals surface area contributed by atoms with Crippen molar-refractivity contribution < 1.29 is 14.5 Å². The number of hydrogen-bond acceptors (Lipinski definition) is 4. The quantitative estimate of drug-likeness (QED) is 0.376. The van der Waals surface area contributed by atoms with Gasteiger partial charge in [0.05, 0.1) is 12.5 Å². The van der Waals surface area contributed by atoms with Gasteiger partial charge in [-0.15, -0.1) is 0 Å². The molecule has 0 rings (SSSR count). The Balaban J connectivity index is 4.40. The molecule has 0 bridgehead atoms. The van der Waals surface area contributed by atoms with Gasteiger partial charge in [-0.25, -0.2) is 0 Å². The molecule has 0 aliphatic heterocycles. The van der Waals surface area contributed by atoms with Gasteiger partial charge in [0.2, 0.25) is 5.54 Å². The van der Waals surface area contributed by atoms with Gasteiger partial charge in [0, 0.05) is 25.2 Å². The van der Waals surface area contributed by atoms with Gasteiger partial charge in [0.25, 0.3) is 0 Å². The molecule has 0 saturated carbocycles. The van der Waals surface area contributed by atoms with Crippen LogP contribution in [0.4, 0.5) is 0 Å². The van der Waals surface area contributed by atoms with Crippen molar-refractivity contribution in [2.75, 3.05) is 6.61 Å². The molecule has 0 unspecified atom stereocenters. The van der Waals surface area contributed by atoms with Gasteiger partial charge in [-0.2, -0.15) is 0 Å². The lowest BCUT2D eigenvalue weighted by atomic mass is 9.80. The van der Waals surface area contributed by atoms with E-state index < -0.39 is 11.5 Å². The van der Waals surface area contributed by atoms with Crippen molar-refractivity contribution in [3.05, 3.63) is 10.1 Å². The fourth-order valence-electron chi connectivity index (χ4n) is 2.10. The Morgan fingerprint density at radius 1 is 1.09 bits per heavy atom. The summed E-state index contributed by atoms with van der Waals surface area (Å²) < 4.78 is 5.40. The molecule has 0 aliphatic carbocycles. The normalized spacial score (nSPS) is 14.5. The SMILES string of the molecule is C[C@H](CC(C)(C)[N+](=O)[O-])C(=O)OCC(C)(C)CCC(C)(C)C. The molecule has 5 nitrogen and oxygen atoms in total. The first-order chi connectivity index (χ1) is 9.66. The minimum absolute atomic E-state index is 0.0821. The molecule has 22 heavy (non-hydrogen) atoms. The molecule has 0 aromatic carbocycles. The van der Waals surface area contributed by atoms with Gasteiger partial charge in [-0.1, -0.05) is 41.5 Å². The van der Waals surface area contributed by atoms with Gasteiger partial charge < -0.3 is 4.74 Å². The smallest absolute Gasteiger partial charge is 0.308 e. The lowest BCUT2D eigenvalue weighted by molar-refractivity contribution is -0.562. The number of carbonyl (C=O) groups excluding carboxylic acids is 1. The summed E-state index contributed by atoms with van der Waals surface area (Å²) in [5.74, 6) is -0.822. The molecule has 130 valence electrons. The zero-order valence-electron chi connectivity index (χ0n) is 15.5. The molecule has 0 aromatic heterocycles. The van der Waals surface area contributed by atoms with Crippen LogP contribution in [0.25, 0.3) is 0 Å². The summed E-state index contributed by atoms with van der Waals surface area (Å²) in [4.78, 5) is 22.6. The molecule has 1 atom stereocenters. The Labute approximate surface area is 135 Å². The van der Waals surface area contributed by atoms with E-state index in [1.54, 1.807) is 6.92 Å². The second-order valence-corrected chi connectivity index (χ2v) is 9.01. The van der Waals surface area contributed by atoms with Crippen molar-refractivity contribution in [3.63, 3.8) is 0 Å². The minimum atomic E-state index is -1.11. The second kappa shape index (κ2) is 7.42. The third-order valence-electron chi connectivity index (χ3n) is 3.86. The Morgan fingerprint density at radius 3 is 2.00 bits per heavy atom. The fourth-order valence-corrected chi connectivity index (χ4v) is 2.10. The number of ether oxygens (including phenoxy) is 1. The lowest BCUT2D eigenvalue weighted by Gasteiger charge is -2.29. The summed E-state index contributed by atoms with van der Waals surface area (Å²) >= 11 is 0. The standard InChI is InChI=1S/C17H33NO4/c1-13(11-17(7,8)18(20)21)14(19)22-12-16(5,6)10-9-15(2,3)4/h13H,9-12H2,1-8H3/t13-/m1/s1. The van der Waals surface area contributed by atoms with E-state index in [9.17, 15) is 14.9 Å². The van der Waals surface area contributed by atoms with E-state index in [2.05, 4.69) is 34.6 Å². The van der Waals surface area contributed by atoms with Crippen LogP contribution < -0.4 is 0 Å². The number of nitro groups is 1. The molecule has 0 aliphatic rings. The molecule has 0 saturated heterocycles. The average molecular weight is 315 g/mol. The summed E-state index contributed by atoms with van der Waals surface area (Å²) in [6.07, 6.45) is 2.21. The number of carbonyl (C=O) groups is 1. The third-order valence-corrected chi connectivity index (χ3v) is 3.86. The highest BCUT2D eigenvalue weighted by Crippen LogP contribution is 2.31. The van der Waals surface area contributed by atoms with Crippen LogP contribution in [0.2, 0.25) is 0 Å². The summed E-state index contributed by atoms with van der Waals surface area (Å²) in [6.45, 7) is 15.8. The first kappa shape index (κ1) is 20.9. The molecular formula is C17H33NO4. The molecule has 5 heteroatoms. The maximum absolute atomic E-state index is 12.0. The largest absolute Gasteiger partial charge is 0.465 e. The Hall–Kier alpha value is -1.13. The Kier molecular flexibility index (Phi) is 7.04. The molecule has 0 radical (unpaired) electrons. The minimum Gasteiger partial charge on any atom is -0.465 e. The van der Waals surface area contributed by atoms with Gasteiger partial charge in [0.1, 0.15) is 0 Å². The number of hydrogen-bond donors (Lipinski definition) is 0. The molecule has 0 N–H and O–H groups in total. The average Bonchev–Trinajstić information content (AvgIpc) is 2.32. The van der Waals surface area contributed by atoms with Crippen molar-refractivity contribution in [1.29, 1.82) is 0 Å². The van der Waals surface area contributed by atoms with Gasteiger partial charge in [0.15, 0.2) is 0 Å². The monoisotopic (exact) mass is 315 g/mol. The van der Waals surface area contributed by atoms with Crippen molar-refractivity contribution in [1.82, 2.24) is 0 Å². The van der Waals surface area contributed by atoms with Crippen molar-refractivity contribution in [2.24, 2.45) is 16.7 Å². The summed E-state index contributed by atoms with van der Waals surface area (Å²) in [5.41, 5.74) is -0.939. The highest BCUT2D eigenvalue weighted by Gasteiger charge is 2.36. The number of rotatable bonds is 8. The molecular weight excluding hydrogens is 282 g/mol. The lowest BCUT2D eigenvalue weighted by Crippen LogP contribution is -2.35. The third kappa shape index (κ3) is 8.35. The van der Waals surface area contributed by atoms with Gasteiger partial charge in [-0.3, -0.25) is 14.9 Å². The predicted molar refractivity (Wildman–Crippen MR) is 88.3 cm³/mol. The van der Waals surface area contributed by atoms with Crippen LogP contribution in [0.15, 0.2) is 0 Å². The highest BCUT2D eigenvalue weighted by atomic mass is 16.6. The van der Waals surface area contributed by atoms with Crippen LogP contribution in [-0.4, -0.2) is 23.0 Å². The summed E-state index contributed by atoms with van der Waals surface area (Å²) in [6, 6.07) is 0. The highest BCUT2D eigenvalue weighted by molar-refractivity contribution is 5.72. The first-order valence-corrected chi connectivity index (χ1v) is 7.97. The van der Waals surface area contributed by atoms with Gasteiger partial charge >= 0.3 is 5.97 Å². The molecule has 0 spiro atoms. The molecule has 0 fully saturated rings. The summed E-state index contributed by atoms with van der Waals surface area (Å²) in [5, 5.41) is 10.9. The van der Waals surface area contributed by atoms with Crippen molar-refractivity contribution in [2.45, 2.75) is 80.2 Å². The van der Waals surface area contributed by atoms with E-state index in [4.69, 9.17) is 4.74 Å². The molecule has 0 aromatic rings. The van der Waals surface area contributed by atoms with E-state index in [1.807, 2.05) is 0 Å². The van der Waals surface area contributed by atoms with Crippen molar-refractivity contribution in [3.8, 4) is 0 Å². The Morgan fingerprint density at radius 2 is 1.59 bits per heavy atom. The predicted octanol–water partition coefficient (Wildman–Crippen LogP) is 4.46. The zero-order chi connectivity index (χ0) is 17.8. The fraction of sp³-hybridized carbons (Fsp3) is 0.941. The Bertz CT molecular complexity index is 394. The number of nitrogens with zero attached hydrogens (tertiary/aromatic N) is 1. The molecule has 0 amide bonds. The van der Waals surface area contributed by atoms with Crippen LogP contribution in [0, 0.1) is 26.9 Å². The summed E-state index contributed by atoms with van der Waals surface area (Å²) in [7, 11) is 0.